The molecule has 1 amide bonds. The molecule has 160 valence electrons. The SMILES string of the molecule is O=C(Cc1ccccc1OC(F)F)N[C]1=[U]=[C](N2CC[C@@H](Nc3cccnn3)C2)[NH+]=N1. The zero-order chi connectivity index (χ0) is 21.6. The fraction of sp³-hybridized carbons (Fsp3) is 0.316. The maximum atomic E-state index is 12.5. The first-order chi connectivity index (χ1) is 15.1. The summed E-state index contributed by atoms with van der Waals surface area (Å²) in [6.07, 6.45) is 2.55. The van der Waals surface area contributed by atoms with Crippen LogP contribution in [0.5, 0.6) is 5.75 Å². The monoisotopic (exact) mass is 654 g/mol. The van der Waals surface area contributed by atoms with Crippen molar-refractivity contribution in [3.8, 4) is 5.75 Å². The Morgan fingerprint density at radius 3 is 3.00 bits per heavy atom. The van der Waals surface area contributed by atoms with Crippen molar-refractivity contribution >= 4 is 17.3 Å². The number of anilines is 1. The zero-order valence-electron chi connectivity index (χ0n) is 16.4. The molecule has 3 heterocycles. The van der Waals surface area contributed by atoms with Crippen LogP contribution in [0.3, 0.4) is 0 Å². The summed E-state index contributed by atoms with van der Waals surface area (Å²) in [7, 11) is 0. The molecule has 1 saturated heterocycles. The van der Waals surface area contributed by atoms with Gasteiger partial charge in [0.2, 0.25) is 0 Å². The molecular formula is C19H20F2N7O2U+. The van der Waals surface area contributed by atoms with Crippen molar-refractivity contribution in [1.29, 1.82) is 0 Å². The predicted octanol–water partition coefficient (Wildman–Crippen LogP) is -0.271. The van der Waals surface area contributed by atoms with Gasteiger partial charge in [-0.15, -0.1) is 0 Å². The Balaban J connectivity index is 1.35. The molecule has 1 aromatic carbocycles. The van der Waals surface area contributed by atoms with Gasteiger partial charge in [-0.05, 0) is 0 Å². The average Bonchev–Trinajstić information content (AvgIpc) is 3.39. The summed E-state index contributed by atoms with van der Waals surface area (Å²) in [4.78, 5) is 14.7. The van der Waals surface area contributed by atoms with Crippen LogP contribution in [-0.4, -0.2) is 52.3 Å². The molecule has 1 atom stereocenters. The van der Waals surface area contributed by atoms with Crippen LogP contribution in [0.15, 0.2) is 47.7 Å². The van der Waals surface area contributed by atoms with Gasteiger partial charge >= 0.3 is 191 Å². The number of hydrogen-bond donors (Lipinski definition) is 3. The molecule has 4 rings (SSSR count). The molecule has 3 N–H and O–H groups in total. The van der Waals surface area contributed by atoms with Gasteiger partial charge in [-0.3, -0.25) is 0 Å². The van der Waals surface area contributed by atoms with E-state index in [0.717, 1.165) is 28.1 Å². The van der Waals surface area contributed by atoms with Gasteiger partial charge in [-0.2, -0.15) is 0 Å². The zero-order valence-corrected chi connectivity index (χ0v) is 20.5. The number of alkyl halides is 2. The van der Waals surface area contributed by atoms with Crippen LogP contribution in [-0.2, 0) is 11.2 Å². The van der Waals surface area contributed by atoms with Gasteiger partial charge in [0.05, 0.1) is 0 Å². The Kier molecular flexibility index (Phi) is 7.22. The molecule has 0 aliphatic carbocycles. The molecule has 1 aromatic heterocycles. The molecule has 31 heavy (non-hydrogen) atoms. The first-order valence-electron chi connectivity index (χ1n) is 9.66. The molecule has 0 radical (unpaired) electrons. The van der Waals surface area contributed by atoms with Crippen molar-refractivity contribution in [2.24, 2.45) is 5.11 Å². The second-order valence-corrected chi connectivity index (χ2v) is 11.9. The summed E-state index contributed by atoms with van der Waals surface area (Å²) >= 11 is -1.69. The molecular weight excluding hydrogens is 634 g/mol. The number of likely N-dealkylation sites (tertiary alicyclic amines) is 1. The number of hydrogen-bond acceptors (Lipinski definition) is 7. The van der Waals surface area contributed by atoms with E-state index in [4.69, 9.17) is 0 Å². The van der Waals surface area contributed by atoms with Crippen molar-refractivity contribution in [2.75, 3.05) is 18.4 Å². The Bertz CT molecular complexity index is 1040. The molecule has 2 aliphatic heterocycles. The van der Waals surface area contributed by atoms with Crippen LogP contribution in [0.25, 0.3) is 0 Å². The average molecular weight is 654 g/mol. The van der Waals surface area contributed by atoms with E-state index in [1.54, 1.807) is 24.4 Å². The third-order valence-electron chi connectivity index (χ3n) is 4.74. The Morgan fingerprint density at radius 2 is 2.19 bits per heavy atom. The number of nitrogens with one attached hydrogen (secondary N) is 3. The van der Waals surface area contributed by atoms with Gasteiger partial charge in [-0.1, -0.05) is 0 Å². The summed E-state index contributed by atoms with van der Waals surface area (Å²) in [5, 5.41) is 21.5. The van der Waals surface area contributed by atoms with Crippen LogP contribution in [0.2, 0.25) is 0 Å². The topological polar surface area (TPSA) is 106 Å². The Hall–Kier alpha value is -2.42. The summed E-state index contributed by atoms with van der Waals surface area (Å²) in [6, 6.07) is 10.3. The maximum absolute atomic E-state index is 12.5. The van der Waals surface area contributed by atoms with Crippen molar-refractivity contribution in [2.45, 2.75) is 25.5 Å². The quantitative estimate of drug-likeness (QED) is 0.363. The van der Waals surface area contributed by atoms with E-state index in [-0.39, 0.29) is 24.1 Å². The van der Waals surface area contributed by atoms with E-state index in [9.17, 15) is 13.6 Å². The molecule has 1 fully saturated rings. The van der Waals surface area contributed by atoms with Crippen LogP contribution in [0.1, 0.15) is 12.0 Å². The van der Waals surface area contributed by atoms with E-state index in [0.29, 0.717) is 8.34 Å². The van der Waals surface area contributed by atoms with Crippen LogP contribution in [0, 0.1) is 26.7 Å². The second-order valence-electron chi connectivity index (χ2n) is 6.94. The molecule has 2 aromatic rings. The summed E-state index contributed by atoms with van der Waals surface area (Å²) in [5.74, 6) is 0.461. The number of ether oxygens (including phenoxy) is 1. The van der Waals surface area contributed by atoms with E-state index in [1.807, 2.05) is 12.1 Å². The standard InChI is InChI=1S/C19H20F2N7O2.U/c20-19(21)30-16-5-2-1-4-14(16)10-18(29)22-12-24-25-13-28-9-7-15(11-28)26-17-6-3-8-23-27-17;/h1-6,8,15,19,25H,7,9-11H2,(H,22,29)(H,26,27);/q+1;/t15-;/m1./s1. The first kappa shape index (κ1) is 21.8. The fourth-order valence-corrected chi connectivity index (χ4v) is 7.57. The minimum atomic E-state index is -2.94. The number of benzene rings is 1. The third kappa shape index (κ3) is 6.06. The van der Waals surface area contributed by atoms with E-state index >= 15 is 0 Å². The summed E-state index contributed by atoms with van der Waals surface area (Å²) < 4.78 is 31.4. The number of nitrogens with zero attached hydrogens (tertiary/aromatic N) is 4. The fourth-order valence-electron chi connectivity index (χ4n) is 3.36. The van der Waals surface area contributed by atoms with Gasteiger partial charge in [0.1, 0.15) is 0 Å². The molecule has 9 nitrogen and oxygen atoms in total. The number of rotatable bonds is 8. The molecule has 0 bridgehead atoms. The van der Waals surface area contributed by atoms with E-state index < -0.39 is 33.3 Å². The van der Waals surface area contributed by atoms with E-state index in [1.165, 1.54) is 6.07 Å². The van der Waals surface area contributed by atoms with E-state index in [2.05, 4.69) is 40.7 Å². The van der Waals surface area contributed by atoms with Crippen LogP contribution in [0.4, 0.5) is 14.6 Å². The number of amides is 1. The van der Waals surface area contributed by atoms with Gasteiger partial charge in [0.15, 0.2) is 0 Å². The number of para-hydroxylation sites is 1. The number of azo groups is 1. The molecule has 0 unspecified atom stereocenters. The second kappa shape index (κ2) is 10.3. The van der Waals surface area contributed by atoms with Gasteiger partial charge in [-0.25, -0.2) is 0 Å². The van der Waals surface area contributed by atoms with Crippen molar-refractivity contribution in [3.63, 3.8) is 0 Å². The van der Waals surface area contributed by atoms with Gasteiger partial charge in [0.25, 0.3) is 0 Å². The number of aromatic nitrogens is 2. The number of carbonyl (C=O) groups excluding carboxylic acids is 1. The van der Waals surface area contributed by atoms with Crippen LogP contribution >= 0.6 is 0 Å². The summed E-state index contributed by atoms with van der Waals surface area (Å²) in [6.45, 7) is -1.22. The van der Waals surface area contributed by atoms with Crippen molar-refractivity contribution in [3.05, 3.63) is 48.2 Å². The third-order valence-corrected chi connectivity index (χ3v) is 9.48. The first-order valence-corrected chi connectivity index (χ1v) is 13.8. The molecule has 0 spiro atoms. The molecule has 2 aliphatic rings. The number of halogens is 2. The molecule has 0 saturated carbocycles. The molecule has 12 heteroatoms. The van der Waals surface area contributed by atoms with Crippen molar-refractivity contribution in [1.82, 2.24) is 20.4 Å². The normalized spacial score (nSPS) is 18.1. The van der Waals surface area contributed by atoms with Crippen molar-refractivity contribution < 1.29 is 50.2 Å². The predicted molar refractivity (Wildman–Crippen MR) is 104 cm³/mol. The number of carbonyl (C=O) groups is 1. The Labute approximate surface area is 190 Å². The minimum absolute atomic E-state index is 0.00791. The van der Waals surface area contributed by atoms with Gasteiger partial charge in [0, 0.05) is 0 Å². The Morgan fingerprint density at radius 1 is 1.32 bits per heavy atom. The summed E-state index contributed by atoms with van der Waals surface area (Å²) in [5.41, 5.74) is 0.406. The van der Waals surface area contributed by atoms with Gasteiger partial charge < -0.3 is 0 Å². The van der Waals surface area contributed by atoms with Crippen LogP contribution < -0.4 is 20.5 Å².